The molecule has 0 aromatic heterocycles. The second kappa shape index (κ2) is 5.81. The molecule has 0 bridgehead atoms. The van der Waals surface area contributed by atoms with Crippen molar-refractivity contribution in [2.75, 3.05) is 13.1 Å². The molecule has 1 saturated heterocycles. The van der Waals surface area contributed by atoms with Crippen molar-refractivity contribution in [3.8, 4) is 0 Å². The van der Waals surface area contributed by atoms with Gasteiger partial charge in [-0.1, -0.05) is 0 Å². The minimum absolute atomic E-state index is 0.257. The van der Waals surface area contributed by atoms with Crippen LogP contribution in [0.3, 0.4) is 0 Å². The number of sulfonamides is 1. The quantitative estimate of drug-likeness (QED) is 0.632. The van der Waals surface area contributed by atoms with Crippen LogP contribution < -0.4 is 10.0 Å². The normalized spacial score (nSPS) is 19.8. The van der Waals surface area contributed by atoms with Crippen LogP contribution in [0.25, 0.3) is 0 Å². The Kier molecular flexibility index (Phi) is 4.31. The number of nitro groups is 1. The zero-order chi connectivity index (χ0) is 14.8. The van der Waals surface area contributed by atoms with Crippen LogP contribution in [0, 0.1) is 15.9 Å². The second-order valence-corrected chi connectivity index (χ2v) is 6.25. The maximum Gasteiger partial charge on any atom is 0.304 e. The van der Waals surface area contributed by atoms with E-state index in [-0.39, 0.29) is 10.9 Å². The van der Waals surface area contributed by atoms with E-state index >= 15 is 0 Å². The summed E-state index contributed by atoms with van der Waals surface area (Å²) in [6.07, 6.45) is 1.55. The number of halogens is 1. The summed E-state index contributed by atoms with van der Waals surface area (Å²) in [6.45, 7) is 1.35. The SMILES string of the molecule is O=[N+]([O-])c1ccc(S(=O)(=O)N[C@@H]2CCCNC2)cc1F. The molecule has 0 amide bonds. The molecule has 0 unspecified atom stereocenters. The molecular weight excluding hydrogens is 289 g/mol. The molecular formula is C11H14FN3O4S. The first-order valence-electron chi connectivity index (χ1n) is 6.07. The van der Waals surface area contributed by atoms with Crippen LogP contribution in [0.4, 0.5) is 10.1 Å². The summed E-state index contributed by atoms with van der Waals surface area (Å²) in [6, 6.07) is 2.28. The standard InChI is InChI=1S/C11H14FN3O4S/c12-10-6-9(3-4-11(10)15(16)17)20(18,19)14-8-2-1-5-13-7-8/h3-4,6,8,13-14H,1-2,5,7H2/t8-/m1/s1. The maximum absolute atomic E-state index is 13.5. The topological polar surface area (TPSA) is 101 Å². The first kappa shape index (κ1) is 14.8. The maximum atomic E-state index is 13.5. The predicted octanol–water partition coefficient (Wildman–Crippen LogP) is 0.764. The van der Waals surface area contributed by atoms with E-state index in [0.29, 0.717) is 19.0 Å². The van der Waals surface area contributed by atoms with Crippen molar-refractivity contribution in [1.29, 1.82) is 0 Å². The number of rotatable bonds is 4. The minimum Gasteiger partial charge on any atom is -0.315 e. The van der Waals surface area contributed by atoms with Crippen LogP contribution in [-0.2, 0) is 10.0 Å². The summed E-state index contributed by atoms with van der Waals surface area (Å²) in [7, 11) is -3.88. The number of hydrogen-bond acceptors (Lipinski definition) is 5. The fourth-order valence-corrected chi connectivity index (χ4v) is 3.32. The predicted molar refractivity (Wildman–Crippen MR) is 69.3 cm³/mol. The summed E-state index contributed by atoms with van der Waals surface area (Å²) in [4.78, 5) is 9.28. The fraction of sp³-hybridized carbons (Fsp3) is 0.455. The lowest BCUT2D eigenvalue weighted by Gasteiger charge is -2.23. The van der Waals surface area contributed by atoms with Gasteiger partial charge >= 0.3 is 5.69 Å². The molecule has 1 aromatic carbocycles. The molecule has 0 saturated carbocycles. The van der Waals surface area contributed by atoms with E-state index < -0.39 is 26.5 Å². The molecule has 1 aromatic rings. The molecule has 2 rings (SSSR count). The highest BCUT2D eigenvalue weighted by molar-refractivity contribution is 7.89. The molecule has 1 aliphatic rings. The highest BCUT2D eigenvalue weighted by atomic mass is 32.2. The molecule has 1 aliphatic heterocycles. The van der Waals surface area contributed by atoms with E-state index in [1.54, 1.807) is 0 Å². The summed E-state index contributed by atoms with van der Waals surface area (Å²) < 4.78 is 40.0. The molecule has 1 atom stereocenters. The van der Waals surface area contributed by atoms with Crippen molar-refractivity contribution < 1.29 is 17.7 Å². The Morgan fingerprint density at radius 2 is 2.20 bits per heavy atom. The van der Waals surface area contributed by atoms with Crippen LogP contribution in [0.5, 0.6) is 0 Å². The van der Waals surface area contributed by atoms with Crippen LogP contribution in [0.1, 0.15) is 12.8 Å². The average Bonchev–Trinajstić information content (AvgIpc) is 2.38. The Labute approximate surface area is 115 Å². The Bertz CT molecular complexity index is 614. The third kappa shape index (κ3) is 3.30. The summed E-state index contributed by atoms with van der Waals surface area (Å²) in [5.74, 6) is -1.17. The van der Waals surface area contributed by atoms with E-state index in [2.05, 4.69) is 10.0 Å². The smallest absolute Gasteiger partial charge is 0.304 e. The van der Waals surface area contributed by atoms with Crippen LogP contribution >= 0.6 is 0 Å². The largest absolute Gasteiger partial charge is 0.315 e. The minimum atomic E-state index is -3.88. The highest BCUT2D eigenvalue weighted by Crippen LogP contribution is 2.21. The van der Waals surface area contributed by atoms with Gasteiger partial charge in [0.1, 0.15) is 0 Å². The molecule has 0 aliphatic carbocycles. The van der Waals surface area contributed by atoms with Gasteiger partial charge in [0.25, 0.3) is 0 Å². The van der Waals surface area contributed by atoms with Gasteiger partial charge in [-0.05, 0) is 25.5 Å². The van der Waals surface area contributed by atoms with E-state index in [1.165, 1.54) is 0 Å². The number of nitrogens with zero attached hydrogens (tertiary/aromatic N) is 1. The average molecular weight is 303 g/mol. The monoisotopic (exact) mass is 303 g/mol. The van der Waals surface area contributed by atoms with Gasteiger partial charge in [0, 0.05) is 24.7 Å². The molecule has 9 heteroatoms. The highest BCUT2D eigenvalue weighted by Gasteiger charge is 2.24. The molecule has 110 valence electrons. The lowest BCUT2D eigenvalue weighted by atomic mass is 10.1. The summed E-state index contributed by atoms with van der Waals surface area (Å²) >= 11 is 0. The van der Waals surface area contributed by atoms with Gasteiger partial charge in [-0.15, -0.1) is 0 Å². The number of nitro benzene ring substituents is 1. The zero-order valence-electron chi connectivity index (χ0n) is 10.5. The van der Waals surface area contributed by atoms with Gasteiger partial charge in [0.05, 0.1) is 9.82 Å². The fourth-order valence-electron chi connectivity index (χ4n) is 2.04. The number of benzene rings is 1. The molecule has 1 heterocycles. The van der Waals surface area contributed by atoms with Gasteiger partial charge in [-0.25, -0.2) is 13.1 Å². The molecule has 0 radical (unpaired) electrons. The molecule has 2 N–H and O–H groups in total. The van der Waals surface area contributed by atoms with Crippen molar-refractivity contribution in [1.82, 2.24) is 10.0 Å². The van der Waals surface area contributed by atoms with Crippen molar-refractivity contribution in [2.24, 2.45) is 0 Å². The first-order valence-corrected chi connectivity index (χ1v) is 7.55. The van der Waals surface area contributed by atoms with Gasteiger partial charge in [-0.2, -0.15) is 4.39 Å². The number of nitrogens with one attached hydrogen (secondary N) is 2. The van der Waals surface area contributed by atoms with Crippen LogP contribution in [-0.4, -0.2) is 32.5 Å². The van der Waals surface area contributed by atoms with E-state index in [0.717, 1.165) is 25.1 Å². The van der Waals surface area contributed by atoms with Crippen molar-refractivity contribution >= 4 is 15.7 Å². The Morgan fingerprint density at radius 1 is 1.45 bits per heavy atom. The van der Waals surface area contributed by atoms with Gasteiger partial charge in [0.15, 0.2) is 0 Å². The van der Waals surface area contributed by atoms with E-state index in [4.69, 9.17) is 0 Å². The van der Waals surface area contributed by atoms with Crippen molar-refractivity contribution in [3.63, 3.8) is 0 Å². The number of piperidine rings is 1. The van der Waals surface area contributed by atoms with Crippen LogP contribution in [0.2, 0.25) is 0 Å². The Morgan fingerprint density at radius 3 is 2.75 bits per heavy atom. The third-order valence-electron chi connectivity index (χ3n) is 3.04. The van der Waals surface area contributed by atoms with E-state index in [9.17, 15) is 22.9 Å². The third-order valence-corrected chi connectivity index (χ3v) is 4.56. The van der Waals surface area contributed by atoms with Gasteiger partial charge in [0.2, 0.25) is 15.8 Å². The van der Waals surface area contributed by atoms with Gasteiger partial charge in [-0.3, -0.25) is 10.1 Å². The lowest BCUT2D eigenvalue weighted by molar-refractivity contribution is -0.387. The van der Waals surface area contributed by atoms with Gasteiger partial charge < -0.3 is 5.32 Å². The Hall–Kier alpha value is -1.58. The summed E-state index contributed by atoms with van der Waals surface area (Å²) in [5.41, 5.74) is -0.747. The Balaban J connectivity index is 2.20. The van der Waals surface area contributed by atoms with Crippen molar-refractivity contribution in [3.05, 3.63) is 34.1 Å². The second-order valence-electron chi connectivity index (χ2n) is 4.53. The summed E-state index contributed by atoms with van der Waals surface area (Å²) in [5, 5.41) is 13.5. The lowest BCUT2D eigenvalue weighted by Crippen LogP contribution is -2.45. The molecule has 7 nitrogen and oxygen atoms in total. The zero-order valence-corrected chi connectivity index (χ0v) is 11.3. The molecule has 0 spiro atoms. The van der Waals surface area contributed by atoms with Crippen LogP contribution in [0.15, 0.2) is 23.1 Å². The van der Waals surface area contributed by atoms with E-state index in [1.807, 2.05) is 0 Å². The van der Waals surface area contributed by atoms with Crippen molar-refractivity contribution in [2.45, 2.75) is 23.8 Å². The first-order chi connectivity index (χ1) is 9.40. The molecule has 20 heavy (non-hydrogen) atoms. The number of hydrogen-bond donors (Lipinski definition) is 2. The molecule has 1 fully saturated rings.